The summed E-state index contributed by atoms with van der Waals surface area (Å²) in [6.07, 6.45) is 17.1. The van der Waals surface area contributed by atoms with Crippen molar-refractivity contribution < 1.29 is 17.6 Å². The third kappa shape index (κ3) is 7.37. The summed E-state index contributed by atoms with van der Waals surface area (Å²) in [6.45, 7) is 4.28. The highest BCUT2D eigenvalue weighted by Crippen LogP contribution is 2.45. The second-order valence-electron chi connectivity index (χ2n) is 13.3. The Morgan fingerprint density at radius 3 is 1.65 bits per heavy atom. The van der Waals surface area contributed by atoms with Crippen molar-refractivity contribution in [3.05, 3.63) is 82.9 Å². The molecule has 2 aliphatic carbocycles. The van der Waals surface area contributed by atoms with Crippen LogP contribution in [0.5, 0.6) is 0 Å². The Morgan fingerprint density at radius 1 is 0.535 bits per heavy atom. The van der Waals surface area contributed by atoms with Crippen LogP contribution in [0.15, 0.2) is 48.5 Å². The average Bonchev–Trinajstić information content (AvgIpc) is 3.04. The molecular formula is C39H48F4. The molecule has 0 bridgehead atoms. The van der Waals surface area contributed by atoms with E-state index in [4.69, 9.17) is 0 Å². The lowest BCUT2D eigenvalue weighted by atomic mass is 9.68. The van der Waals surface area contributed by atoms with Crippen molar-refractivity contribution in [2.45, 2.75) is 116 Å². The molecule has 0 amide bonds. The van der Waals surface area contributed by atoms with Gasteiger partial charge in [0.05, 0.1) is 0 Å². The molecule has 4 heteroatoms. The zero-order chi connectivity index (χ0) is 30.3. The van der Waals surface area contributed by atoms with Crippen LogP contribution in [-0.2, 0) is 6.42 Å². The summed E-state index contributed by atoms with van der Waals surface area (Å²) in [6, 6.07) is 13.3. The number of rotatable bonds is 11. The number of unbranched alkanes of at least 4 members (excludes halogenated alkanes) is 3. The van der Waals surface area contributed by atoms with Crippen LogP contribution >= 0.6 is 0 Å². The van der Waals surface area contributed by atoms with E-state index in [2.05, 4.69) is 6.92 Å². The molecule has 0 spiro atoms. The van der Waals surface area contributed by atoms with Crippen molar-refractivity contribution >= 4 is 0 Å². The first-order valence-electron chi connectivity index (χ1n) is 17.0. The molecule has 0 unspecified atom stereocenters. The molecule has 0 atom stereocenters. The maximum absolute atomic E-state index is 15.5. The van der Waals surface area contributed by atoms with Crippen LogP contribution in [0.3, 0.4) is 0 Å². The summed E-state index contributed by atoms with van der Waals surface area (Å²) in [5, 5.41) is 0. The lowest BCUT2D eigenvalue weighted by molar-refractivity contribution is 0.155. The predicted molar refractivity (Wildman–Crippen MR) is 170 cm³/mol. The number of aryl methyl sites for hydroxylation is 1. The second kappa shape index (κ2) is 14.9. The van der Waals surface area contributed by atoms with Gasteiger partial charge in [0.2, 0.25) is 0 Å². The zero-order valence-corrected chi connectivity index (χ0v) is 26.0. The molecule has 232 valence electrons. The van der Waals surface area contributed by atoms with Gasteiger partial charge in [0.15, 0.2) is 23.3 Å². The van der Waals surface area contributed by atoms with E-state index in [0.717, 1.165) is 56.3 Å². The van der Waals surface area contributed by atoms with E-state index in [1.165, 1.54) is 51.4 Å². The zero-order valence-electron chi connectivity index (χ0n) is 26.0. The molecule has 0 aromatic heterocycles. The fourth-order valence-electron chi connectivity index (χ4n) is 7.84. The van der Waals surface area contributed by atoms with Crippen molar-refractivity contribution in [3.8, 4) is 22.3 Å². The van der Waals surface area contributed by atoms with Gasteiger partial charge in [0, 0.05) is 11.1 Å². The first kappa shape index (κ1) is 31.8. The Balaban J connectivity index is 1.21. The highest BCUT2D eigenvalue weighted by molar-refractivity contribution is 5.71. The fraction of sp³-hybridized carbons (Fsp3) is 0.538. The molecule has 2 fully saturated rings. The van der Waals surface area contributed by atoms with Gasteiger partial charge in [-0.15, -0.1) is 0 Å². The van der Waals surface area contributed by atoms with Gasteiger partial charge < -0.3 is 0 Å². The van der Waals surface area contributed by atoms with E-state index in [0.29, 0.717) is 28.7 Å². The van der Waals surface area contributed by atoms with Gasteiger partial charge >= 0.3 is 0 Å². The van der Waals surface area contributed by atoms with Crippen LogP contribution in [0, 0.1) is 41.0 Å². The van der Waals surface area contributed by atoms with E-state index in [1.807, 2.05) is 6.92 Å². The monoisotopic (exact) mass is 592 g/mol. The summed E-state index contributed by atoms with van der Waals surface area (Å²) < 4.78 is 60.3. The molecule has 0 heterocycles. The Bertz CT molecular complexity index is 1330. The topological polar surface area (TPSA) is 0 Å². The largest absolute Gasteiger partial charge is 0.203 e. The third-order valence-corrected chi connectivity index (χ3v) is 10.6. The molecule has 3 aromatic carbocycles. The van der Waals surface area contributed by atoms with Crippen LogP contribution < -0.4 is 0 Å². The van der Waals surface area contributed by atoms with Crippen LogP contribution in [0.25, 0.3) is 22.3 Å². The lowest BCUT2D eigenvalue weighted by Crippen LogP contribution is -2.25. The Kier molecular flexibility index (Phi) is 11.0. The highest BCUT2D eigenvalue weighted by atomic mass is 19.2. The van der Waals surface area contributed by atoms with Crippen molar-refractivity contribution in [1.82, 2.24) is 0 Å². The summed E-state index contributed by atoms with van der Waals surface area (Å²) in [5.74, 6) is -0.739. The van der Waals surface area contributed by atoms with Gasteiger partial charge in [-0.3, -0.25) is 0 Å². The summed E-state index contributed by atoms with van der Waals surface area (Å²) in [4.78, 5) is 0. The van der Waals surface area contributed by atoms with Crippen molar-refractivity contribution in [2.75, 3.05) is 0 Å². The number of hydrogen-bond acceptors (Lipinski definition) is 0. The van der Waals surface area contributed by atoms with E-state index in [1.54, 1.807) is 48.5 Å². The number of hydrogen-bond donors (Lipinski definition) is 0. The third-order valence-electron chi connectivity index (χ3n) is 10.6. The minimum Gasteiger partial charge on any atom is -0.203 e. The maximum Gasteiger partial charge on any atom is 0.166 e. The molecule has 0 aliphatic heterocycles. The van der Waals surface area contributed by atoms with Gasteiger partial charge in [-0.25, -0.2) is 17.6 Å². The molecule has 2 aliphatic rings. The molecule has 43 heavy (non-hydrogen) atoms. The Labute approximate surface area is 256 Å². The Morgan fingerprint density at radius 2 is 1.07 bits per heavy atom. The summed E-state index contributed by atoms with van der Waals surface area (Å²) in [5.41, 5.74) is 2.26. The van der Waals surface area contributed by atoms with Crippen molar-refractivity contribution in [3.63, 3.8) is 0 Å². The highest BCUT2D eigenvalue weighted by Gasteiger charge is 2.32. The average molecular weight is 593 g/mol. The van der Waals surface area contributed by atoms with E-state index >= 15 is 8.78 Å². The molecule has 0 saturated heterocycles. The first-order chi connectivity index (χ1) is 20.9. The lowest BCUT2D eigenvalue weighted by Gasteiger charge is -2.38. The minimum absolute atomic E-state index is 0.0609. The van der Waals surface area contributed by atoms with E-state index in [-0.39, 0.29) is 17.0 Å². The molecule has 0 N–H and O–H groups in total. The smallest absolute Gasteiger partial charge is 0.166 e. The fourth-order valence-corrected chi connectivity index (χ4v) is 7.84. The van der Waals surface area contributed by atoms with E-state index < -0.39 is 23.3 Å². The van der Waals surface area contributed by atoms with Crippen molar-refractivity contribution in [1.29, 1.82) is 0 Å². The molecular weight excluding hydrogens is 544 g/mol. The Hall–Kier alpha value is -2.62. The van der Waals surface area contributed by atoms with E-state index in [9.17, 15) is 8.78 Å². The molecule has 5 rings (SSSR count). The quantitative estimate of drug-likeness (QED) is 0.153. The second-order valence-corrected chi connectivity index (χ2v) is 13.3. The molecule has 0 nitrogen and oxygen atoms in total. The molecule has 3 aromatic rings. The van der Waals surface area contributed by atoms with Crippen LogP contribution in [-0.4, -0.2) is 0 Å². The number of halogens is 4. The minimum atomic E-state index is -0.868. The maximum atomic E-state index is 15.5. The summed E-state index contributed by atoms with van der Waals surface area (Å²) in [7, 11) is 0. The first-order valence-corrected chi connectivity index (χ1v) is 17.0. The van der Waals surface area contributed by atoms with Gasteiger partial charge in [0.25, 0.3) is 0 Å². The normalized spacial score (nSPS) is 22.6. The van der Waals surface area contributed by atoms with Gasteiger partial charge in [-0.05, 0) is 97.3 Å². The van der Waals surface area contributed by atoms with Gasteiger partial charge in [0.1, 0.15) is 0 Å². The van der Waals surface area contributed by atoms with Crippen molar-refractivity contribution in [2.24, 2.45) is 17.8 Å². The molecule has 0 radical (unpaired) electrons. The SMILES string of the molecule is CCCCCC1CCC(C2CCC(c3ccc(-c4ccc(-c5ccc(CCCC)c(F)c5F)cc4)c(F)c3F)CC2)CC1. The molecule has 2 saturated carbocycles. The standard InChI is InChI=1S/C39H48F4/c1-3-5-7-8-26-10-12-27(13-11-26)28-14-16-29(17-15-28)34-24-25-35(39(43)38(34)42)31-20-18-30(19-21-31)33-23-22-32(9-6-4-2)36(40)37(33)41/h18-29H,3-17H2,1-2H3. The van der Waals surface area contributed by atoms with Gasteiger partial charge in [-0.1, -0.05) is 107 Å². The predicted octanol–water partition coefficient (Wildman–Crippen LogP) is 12.6. The number of benzene rings is 3. The summed E-state index contributed by atoms with van der Waals surface area (Å²) >= 11 is 0. The van der Waals surface area contributed by atoms with Crippen LogP contribution in [0.4, 0.5) is 17.6 Å². The van der Waals surface area contributed by atoms with Crippen LogP contribution in [0.1, 0.15) is 121 Å². The van der Waals surface area contributed by atoms with Crippen LogP contribution in [0.2, 0.25) is 0 Å². The van der Waals surface area contributed by atoms with Gasteiger partial charge in [-0.2, -0.15) is 0 Å².